The van der Waals surface area contributed by atoms with E-state index < -0.39 is 0 Å². The Hall–Kier alpha value is -1.84. The van der Waals surface area contributed by atoms with Crippen LogP contribution >= 0.6 is 0 Å². The van der Waals surface area contributed by atoms with Crippen molar-refractivity contribution in [2.75, 3.05) is 6.61 Å². The van der Waals surface area contributed by atoms with Gasteiger partial charge in [0.25, 0.3) is 5.91 Å². The molecule has 1 aromatic carbocycles. The van der Waals surface area contributed by atoms with Crippen LogP contribution < -0.4 is 10.2 Å². The minimum atomic E-state index is -0.157. The lowest BCUT2D eigenvalue weighted by Crippen LogP contribution is -2.22. The molecule has 4 heteroatoms. The van der Waals surface area contributed by atoms with Crippen LogP contribution in [0.4, 0.5) is 0 Å². The normalized spacial score (nSPS) is 19.2. The number of hydrogen-bond donors (Lipinski definition) is 1. The number of nitrogens with one attached hydrogen (secondary N) is 1. The number of benzene rings is 1. The second-order valence-corrected chi connectivity index (χ2v) is 6.75. The summed E-state index contributed by atoms with van der Waals surface area (Å²) in [6.07, 6.45) is 9.17. The molecular formula is C20H30N2O2. The quantitative estimate of drug-likeness (QED) is 0.542. The third-order valence-corrected chi connectivity index (χ3v) is 4.45. The van der Waals surface area contributed by atoms with Crippen LogP contribution in [-0.4, -0.2) is 18.2 Å². The van der Waals surface area contributed by atoms with Gasteiger partial charge in [-0.25, -0.2) is 5.43 Å². The number of unbranched alkanes of at least 4 members (excludes halogenated alkanes) is 3. The van der Waals surface area contributed by atoms with Crippen molar-refractivity contribution in [3.05, 3.63) is 29.8 Å². The molecule has 0 radical (unpaired) electrons. The molecular weight excluding hydrogens is 300 g/mol. The van der Waals surface area contributed by atoms with Gasteiger partial charge in [0.05, 0.1) is 6.61 Å². The van der Waals surface area contributed by atoms with Crippen LogP contribution in [0.1, 0.15) is 75.6 Å². The van der Waals surface area contributed by atoms with Crippen molar-refractivity contribution in [2.24, 2.45) is 11.0 Å². The number of hydrogen-bond acceptors (Lipinski definition) is 3. The molecule has 1 fully saturated rings. The molecule has 132 valence electrons. The van der Waals surface area contributed by atoms with Gasteiger partial charge in [-0.2, -0.15) is 5.10 Å². The van der Waals surface area contributed by atoms with Gasteiger partial charge >= 0.3 is 0 Å². The van der Waals surface area contributed by atoms with Gasteiger partial charge in [-0.3, -0.25) is 4.79 Å². The van der Waals surface area contributed by atoms with Gasteiger partial charge in [0, 0.05) is 11.3 Å². The van der Waals surface area contributed by atoms with Crippen LogP contribution in [0.5, 0.6) is 5.75 Å². The van der Waals surface area contributed by atoms with E-state index in [2.05, 4.69) is 24.4 Å². The van der Waals surface area contributed by atoms with E-state index in [1.54, 1.807) is 12.1 Å². The summed E-state index contributed by atoms with van der Waals surface area (Å²) in [7, 11) is 0. The summed E-state index contributed by atoms with van der Waals surface area (Å²) in [4.78, 5) is 12.2. The van der Waals surface area contributed by atoms with Gasteiger partial charge in [0.1, 0.15) is 5.75 Å². The molecule has 1 amide bonds. The molecule has 1 aliphatic rings. The number of carbonyl (C=O) groups is 1. The Balaban J connectivity index is 1.77. The number of rotatable bonds is 8. The average molecular weight is 330 g/mol. The minimum absolute atomic E-state index is 0.157. The van der Waals surface area contributed by atoms with E-state index in [1.807, 2.05) is 12.1 Å². The fourth-order valence-corrected chi connectivity index (χ4v) is 2.98. The first-order valence-electron chi connectivity index (χ1n) is 9.27. The van der Waals surface area contributed by atoms with E-state index in [0.29, 0.717) is 11.5 Å². The molecule has 0 saturated heterocycles. The van der Waals surface area contributed by atoms with Crippen LogP contribution in [0, 0.1) is 5.92 Å². The smallest absolute Gasteiger partial charge is 0.271 e. The molecule has 0 aromatic heterocycles. The van der Waals surface area contributed by atoms with Crippen LogP contribution in [0.15, 0.2) is 29.4 Å². The highest BCUT2D eigenvalue weighted by molar-refractivity contribution is 5.95. The molecule has 1 N–H and O–H groups in total. The van der Waals surface area contributed by atoms with Crippen LogP contribution in [0.25, 0.3) is 0 Å². The lowest BCUT2D eigenvalue weighted by atomic mass is 9.89. The second-order valence-electron chi connectivity index (χ2n) is 6.75. The average Bonchev–Trinajstić information content (AvgIpc) is 2.60. The number of hydrazone groups is 1. The highest BCUT2D eigenvalue weighted by Crippen LogP contribution is 2.21. The van der Waals surface area contributed by atoms with E-state index in [-0.39, 0.29) is 5.91 Å². The molecule has 1 saturated carbocycles. The summed E-state index contributed by atoms with van der Waals surface area (Å²) in [6, 6.07) is 7.29. The van der Waals surface area contributed by atoms with E-state index >= 15 is 0 Å². The topological polar surface area (TPSA) is 50.7 Å². The van der Waals surface area contributed by atoms with Crippen molar-refractivity contribution < 1.29 is 9.53 Å². The first kappa shape index (κ1) is 18.5. The minimum Gasteiger partial charge on any atom is -0.494 e. The Morgan fingerprint density at radius 2 is 2.04 bits per heavy atom. The zero-order valence-electron chi connectivity index (χ0n) is 15.0. The Labute approximate surface area is 145 Å². The molecule has 0 aliphatic heterocycles. The molecule has 1 aromatic rings. The second kappa shape index (κ2) is 10.1. The first-order chi connectivity index (χ1) is 11.7. The Morgan fingerprint density at radius 3 is 2.75 bits per heavy atom. The largest absolute Gasteiger partial charge is 0.494 e. The third kappa shape index (κ3) is 6.34. The molecule has 2 rings (SSSR count). The van der Waals surface area contributed by atoms with Gasteiger partial charge in [0.2, 0.25) is 0 Å². The van der Waals surface area contributed by atoms with Crippen molar-refractivity contribution >= 4 is 11.6 Å². The molecule has 1 aliphatic carbocycles. The maximum absolute atomic E-state index is 12.2. The summed E-state index contributed by atoms with van der Waals surface area (Å²) in [5, 5.41) is 4.30. The van der Waals surface area contributed by atoms with Gasteiger partial charge in [-0.1, -0.05) is 33.1 Å². The maximum atomic E-state index is 12.2. The Morgan fingerprint density at radius 1 is 1.25 bits per heavy atom. The summed E-state index contributed by atoms with van der Waals surface area (Å²) < 4.78 is 5.69. The summed E-state index contributed by atoms with van der Waals surface area (Å²) in [5.74, 6) is 1.33. The van der Waals surface area contributed by atoms with Crippen molar-refractivity contribution in [3.8, 4) is 5.75 Å². The van der Waals surface area contributed by atoms with Gasteiger partial charge in [-0.15, -0.1) is 0 Å². The number of amides is 1. The lowest BCUT2D eigenvalue weighted by Gasteiger charge is -2.18. The zero-order chi connectivity index (χ0) is 17.2. The van der Waals surface area contributed by atoms with E-state index in [9.17, 15) is 4.79 Å². The standard InChI is InChI=1S/C20H30N2O2/c1-3-4-5-6-14-24-19-12-10-17(11-13-19)20(23)22-21-18-9-7-8-16(2)15-18/h10-13,16H,3-9,14-15H2,1-2H3,(H,22,23)/b21-18-. The van der Waals surface area contributed by atoms with Crippen LogP contribution in [0.3, 0.4) is 0 Å². The summed E-state index contributed by atoms with van der Waals surface area (Å²) in [6.45, 7) is 5.17. The molecule has 1 atom stereocenters. The van der Waals surface area contributed by atoms with E-state index in [1.165, 1.54) is 32.1 Å². The maximum Gasteiger partial charge on any atom is 0.271 e. The molecule has 0 spiro atoms. The molecule has 1 unspecified atom stereocenters. The van der Waals surface area contributed by atoms with Crippen LogP contribution in [-0.2, 0) is 0 Å². The lowest BCUT2D eigenvalue weighted by molar-refractivity contribution is 0.0954. The third-order valence-electron chi connectivity index (χ3n) is 4.45. The summed E-state index contributed by atoms with van der Waals surface area (Å²) >= 11 is 0. The monoisotopic (exact) mass is 330 g/mol. The fraction of sp³-hybridized carbons (Fsp3) is 0.600. The summed E-state index contributed by atoms with van der Waals surface area (Å²) in [5.41, 5.74) is 4.40. The van der Waals surface area contributed by atoms with Crippen molar-refractivity contribution in [1.29, 1.82) is 0 Å². The highest BCUT2D eigenvalue weighted by Gasteiger charge is 2.14. The Kier molecular flexibility index (Phi) is 7.80. The number of ether oxygens (including phenoxy) is 1. The van der Waals surface area contributed by atoms with E-state index in [0.717, 1.165) is 37.3 Å². The van der Waals surface area contributed by atoms with Gasteiger partial charge < -0.3 is 4.74 Å². The molecule has 24 heavy (non-hydrogen) atoms. The molecule has 4 nitrogen and oxygen atoms in total. The Bertz CT molecular complexity index is 537. The molecule has 0 heterocycles. The predicted octanol–water partition coefficient (Wildman–Crippen LogP) is 4.94. The van der Waals surface area contributed by atoms with Gasteiger partial charge in [0.15, 0.2) is 0 Å². The van der Waals surface area contributed by atoms with Crippen molar-refractivity contribution in [2.45, 2.75) is 65.2 Å². The first-order valence-corrected chi connectivity index (χ1v) is 9.27. The van der Waals surface area contributed by atoms with Crippen molar-refractivity contribution in [3.63, 3.8) is 0 Å². The van der Waals surface area contributed by atoms with Gasteiger partial charge in [-0.05, 0) is 62.3 Å². The SMILES string of the molecule is CCCCCCOc1ccc(C(=O)N/N=C2/CCCC(C)C2)cc1. The highest BCUT2D eigenvalue weighted by atomic mass is 16.5. The number of nitrogens with zero attached hydrogens (tertiary/aromatic N) is 1. The van der Waals surface area contributed by atoms with Crippen LogP contribution in [0.2, 0.25) is 0 Å². The fourth-order valence-electron chi connectivity index (χ4n) is 2.98. The number of carbonyl (C=O) groups excluding carboxylic acids is 1. The van der Waals surface area contributed by atoms with E-state index in [4.69, 9.17) is 4.74 Å². The predicted molar refractivity (Wildman–Crippen MR) is 98.6 cm³/mol. The van der Waals surface area contributed by atoms with Crippen molar-refractivity contribution in [1.82, 2.24) is 5.43 Å². The zero-order valence-corrected chi connectivity index (χ0v) is 15.0. The molecule has 0 bridgehead atoms.